The Balaban J connectivity index is 1.47. The van der Waals surface area contributed by atoms with E-state index in [9.17, 15) is 23.9 Å². The second kappa shape index (κ2) is 11.8. The molecule has 216 valence electrons. The number of ether oxygens (including phenoxy) is 3. The Bertz CT molecular complexity index is 1480. The monoisotopic (exact) mass is 568 g/mol. The van der Waals surface area contributed by atoms with Crippen LogP contribution in [-0.4, -0.2) is 71.8 Å². The topological polar surface area (TPSA) is 152 Å². The summed E-state index contributed by atoms with van der Waals surface area (Å²) in [5.41, 5.74) is 0.975. The molecule has 2 aliphatic heterocycles. The van der Waals surface area contributed by atoms with E-state index in [1.54, 1.807) is 19.1 Å². The molecule has 0 aliphatic carbocycles. The number of hydrogen-bond acceptors (Lipinski definition) is 9. The molecule has 4 bridgehead atoms. The second-order valence-electron chi connectivity index (χ2n) is 9.73. The Labute approximate surface area is 234 Å². The van der Waals surface area contributed by atoms with E-state index in [0.29, 0.717) is 29.1 Å². The number of amides is 3. The number of benzene rings is 2. The van der Waals surface area contributed by atoms with Gasteiger partial charge in [-0.25, -0.2) is 4.39 Å². The quantitative estimate of drug-likeness (QED) is 0.429. The molecular weight excluding hydrogens is 539 g/mol. The van der Waals surface area contributed by atoms with Crippen LogP contribution in [0, 0.1) is 12.7 Å². The number of methoxy groups -OCH3 is 1. The zero-order valence-electron chi connectivity index (χ0n) is 22.4. The predicted octanol–water partition coefficient (Wildman–Crippen LogP) is 1.72. The van der Waals surface area contributed by atoms with E-state index in [0.717, 1.165) is 0 Å². The molecule has 3 N–H and O–H groups in total. The van der Waals surface area contributed by atoms with Gasteiger partial charge in [0.15, 0.2) is 23.8 Å². The third kappa shape index (κ3) is 6.09. The van der Waals surface area contributed by atoms with Crippen LogP contribution in [0.2, 0.25) is 0 Å². The number of aryl methyl sites for hydroxylation is 1. The number of halogens is 1. The number of nitrogens with zero attached hydrogens (tertiary/aromatic N) is 2. The van der Waals surface area contributed by atoms with Crippen LogP contribution in [0.15, 0.2) is 40.9 Å². The molecule has 2 atom stereocenters. The number of hydrogen-bond donors (Lipinski definition) is 3. The first-order chi connectivity index (χ1) is 19.7. The molecule has 1 saturated heterocycles. The molecule has 0 spiro atoms. The van der Waals surface area contributed by atoms with Crippen LogP contribution in [0.5, 0.6) is 17.2 Å². The molecule has 5 rings (SSSR count). The van der Waals surface area contributed by atoms with Crippen molar-refractivity contribution in [3.63, 3.8) is 0 Å². The lowest BCUT2D eigenvalue weighted by Gasteiger charge is -2.38. The zero-order chi connectivity index (χ0) is 29.1. The normalized spacial score (nSPS) is 19.3. The van der Waals surface area contributed by atoms with Crippen LogP contribution in [-0.2, 0) is 17.9 Å². The highest BCUT2D eigenvalue weighted by Crippen LogP contribution is 2.29. The predicted molar refractivity (Wildman–Crippen MR) is 140 cm³/mol. The van der Waals surface area contributed by atoms with Gasteiger partial charge in [-0.15, -0.1) is 0 Å². The smallest absolute Gasteiger partial charge is 0.276 e. The standard InChI is InChI=1S/C28H29FN4O8/c1-15-20(13-34)26(32-41-15)28(37)33-6-5-22-21(12-33)31-27(36)17-3-4-23(38-2)24(9-17)39-14-25(35)30-11-16-7-18(29)10-19(8-16)40-22/h3-4,7-10,21-22,34H,5-6,11-14H2,1-2H3,(H,30,35)(H,31,36)/t21-,22+/m0/s1. The maximum absolute atomic E-state index is 14.5. The number of piperidine rings is 1. The molecule has 41 heavy (non-hydrogen) atoms. The fraction of sp³-hybridized carbons (Fsp3) is 0.357. The summed E-state index contributed by atoms with van der Waals surface area (Å²) in [6.07, 6.45) is -0.341. The van der Waals surface area contributed by atoms with Crippen molar-refractivity contribution < 1.29 is 42.6 Å². The van der Waals surface area contributed by atoms with Crippen molar-refractivity contribution in [2.45, 2.75) is 38.6 Å². The maximum atomic E-state index is 14.5. The Kier molecular flexibility index (Phi) is 8.06. The van der Waals surface area contributed by atoms with E-state index < -0.39 is 42.3 Å². The van der Waals surface area contributed by atoms with Gasteiger partial charge in [-0.2, -0.15) is 0 Å². The molecular formula is C28H29FN4O8. The van der Waals surface area contributed by atoms with E-state index in [-0.39, 0.29) is 49.0 Å². The number of aliphatic hydroxyl groups excluding tert-OH is 1. The number of carbonyl (C=O) groups excluding carboxylic acids is 3. The first-order valence-corrected chi connectivity index (χ1v) is 13.0. The van der Waals surface area contributed by atoms with Crippen molar-refractivity contribution in [1.29, 1.82) is 0 Å². The molecule has 3 heterocycles. The Morgan fingerprint density at radius 2 is 2.07 bits per heavy atom. The average Bonchev–Trinajstić information content (AvgIpc) is 3.34. The molecule has 3 aromatic rings. The minimum Gasteiger partial charge on any atom is -0.493 e. The van der Waals surface area contributed by atoms with Gasteiger partial charge in [0.2, 0.25) is 0 Å². The minimum atomic E-state index is -0.712. The lowest BCUT2D eigenvalue weighted by atomic mass is 10.00. The summed E-state index contributed by atoms with van der Waals surface area (Å²) in [6.45, 7) is 1.14. The fourth-order valence-corrected chi connectivity index (χ4v) is 4.83. The van der Waals surface area contributed by atoms with Crippen molar-refractivity contribution in [3.8, 4) is 17.2 Å². The van der Waals surface area contributed by atoms with Crippen LogP contribution >= 0.6 is 0 Å². The summed E-state index contributed by atoms with van der Waals surface area (Å²) < 4.78 is 36.7. The Morgan fingerprint density at radius 1 is 1.24 bits per heavy atom. The summed E-state index contributed by atoms with van der Waals surface area (Å²) in [7, 11) is 1.43. The van der Waals surface area contributed by atoms with Gasteiger partial charge in [0.25, 0.3) is 17.7 Å². The first-order valence-electron chi connectivity index (χ1n) is 13.0. The van der Waals surface area contributed by atoms with Crippen molar-refractivity contribution in [2.75, 3.05) is 26.8 Å². The molecule has 12 nitrogen and oxygen atoms in total. The number of fused-ring (bicyclic) bond motifs is 5. The summed E-state index contributed by atoms with van der Waals surface area (Å²) >= 11 is 0. The Morgan fingerprint density at radius 3 is 2.85 bits per heavy atom. The third-order valence-corrected chi connectivity index (χ3v) is 6.99. The number of nitrogens with one attached hydrogen (secondary N) is 2. The zero-order valence-corrected chi connectivity index (χ0v) is 22.4. The van der Waals surface area contributed by atoms with Crippen LogP contribution in [0.25, 0.3) is 0 Å². The van der Waals surface area contributed by atoms with Crippen LogP contribution in [0.4, 0.5) is 4.39 Å². The SMILES string of the molecule is COc1ccc2cc1OCC(=O)NCc1cc(F)cc(c1)O[C@@H]1CCN(C(=O)c3noc(C)c3CO)C[C@@H]1NC2=O. The van der Waals surface area contributed by atoms with Crippen molar-refractivity contribution >= 4 is 17.7 Å². The summed E-state index contributed by atoms with van der Waals surface area (Å²) in [5, 5.41) is 19.1. The minimum absolute atomic E-state index is 0.00216. The van der Waals surface area contributed by atoms with E-state index in [4.69, 9.17) is 18.7 Å². The van der Waals surface area contributed by atoms with Gasteiger partial charge in [0, 0.05) is 37.7 Å². The van der Waals surface area contributed by atoms with Gasteiger partial charge >= 0.3 is 0 Å². The summed E-state index contributed by atoms with van der Waals surface area (Å²) in [4.78, 5) is 40.6. The van der Waals surface area contributed by atoms with Gasteiger partial charge in [-0.3, -0.25) is 14.4 Å². The van der Waals surface area contributed by atoms with E-state index in [2.05, 4.69) is 15.8 Å². The maximum Gasteiger partial charge on any atom is 0.276 e. The number of carbonyl (C=O) groups is 3. The van der Waals surface area contributed by atoms with E-state index in [1.807, 2.05) is 0 Å². The van der Waals surface area contributed by atoms with E-state index >= 15 is 0 Å². The lowest BCUT2D eigenvalue weighted by Crippen LogP contribution is -2.58. The molecule has 0 saturated carbocycles. The molecule has 2 aliphatic rings. The van der Waals surface area contributed by atoms with Gasteiger partial charge in [-0.1, -0.05) is 5.16 Å². The van der Waals surface area contributed by atoms with Gasteiger partial charge in [-0.05, 0) is 42.8 Å². The van der Waals surface area contributed by atoms with Gasteiger partial charge in [0.1, 0.15) is 23.4 Å². The van der Waals surface area contributed by atoms with Gasteiger partial charge < -0.3 is 39.4 Å². The molecule has 0 radical (unpaired) electrons. The van der Waals surface area contributed by atoms with Crippen LogP contribution in [0.1, 0.15) is 44.2 Å². The van der Waals surface area contributed by atoms with E-state index in [1.165, 1.54) is 36.3 Å². The van der Waals surface area contributed by atoms with Gasteiger partial charge in [0.05, 0.1) is 25.3 Å². The highest BCUT2D eigenvalue weighted by atomic mass is 19.1. The number of likely N-dealkylation sites (tertiary alicyclic amines) is 1. The molecule has 3 amide bonds. The highest BCUT2D eigenvalue weighted by molar-refractivity contribution is 5.96. The largest absolute Gasteiger partial charge is 0.493 e. The summed E-state index contributed by atoms with van der Waals surface area (Å²) in [6, 6.07) is 7.93. The second-order valence-corrected chi connectivity index (χ2v) is 9.73. The van der Waals surface area contributed by atoms with Crippen molar-refractivity contribution in [3.05, 3.63) is 70.4 Å². The van der Waals surface area contributed by atoms with Crippen LogP contribution in [0.3, 0.4) is 0 Å². The molecule has 1 fully saturated rings. The molecule has 0 unspecified atom stereocenters. The fourth-order valence-electron chi connectivity index (χ4n) is 4.83. The van der Waals surface area contributed by atoms with Crippen LogP contribution < -0.4 is 24.8 Å². The number of aliphatic hydroxyl groups is 1. The van der Waals surface area contributed by atoms with Crippen molar-refractivity contribution in [2.24, 2.45) is 0 Å². The Hall–Kier alpha value is -4.65. The highest BCUT2D eigenvalue weighted by Gasteiger charge is 2.36. The average molecular weight is 569 g/mol. The number of aromatic nitrogens is 1. The molecule has 13 heteroatoms. The summed E-state index contributed by atoms with van der Waals surface area (Å²) in [5.74, 6) is -0.917. The molecule has 1 aromatic heterocycles. The third-order valence-electron chi connectivity index (χ3n) is 6.99. The molecule has 2 aromatic carbocycles. The first kappa shape index (κ1) is 27.9. The lowest BCUT2D eigenvalue weighted by molar-refractivity contribution is -0.123. The van der Waals surface area contributed by atoms with Crippen molar-refractivity contribution in [1.82, 2.24) is 20.7 Å². The number of rotatable bonds is 3.